The van der Waals surface area contributed by atoms with Gasteiger partial charge in [-0.3, -0.25) is 8.98 Å². The molecule has 4 saturated carbocycles. The van der Waals surface area contributed by atoms with E-state index in [1.807, 2.05) is 19.1 Å². The van der Waals surface area contributed by atoms with E-state index in [0.29, 0.717) is 41.9 Å². The standard InChI is InChI=1S/C32H48O6S/c1-20-6-10-24(11-7-20)39(35,36)38-23-16-17-31(3)22(18-23)9-12-25-27-14-13-26(21(2)8-15-30(34)37-5)32(27,4)29(33)19-28(25)31/h6-7,10-11,21-23,25-29,33H,8-9,12-19H2,1-5H3. The second kappa shape index (κ2) is 10.8. The largest absolute Gasteiger partial charge is 0.469 e. The van der Waals surface area contributed by atoms with Gasteiger partial charge in [-0.25, -0.2) is 0 Å². The lowest BCUT2D eigenvalue weighted by atomic mass is 9.43. The molecule has 4 aliphatic rings. The van der Waals surface area contributed by atoms with Crippen molar-refractivity contribution >= 4 is 16.1 Å². The van der Waals surface area contributed by atoms with Gasteiger partial charge in [-0.05, 0) is 123 Å². The number of carbonyl (C=O) groups is 1. The molecule has 6 nitrogen and oxygen atoms in total. The maximum atomic E-state index is 13.0. The van der Waals surface area contributed by atoms with Crippen LogP contribution in [-0.4, -0.2) is 38.8 Å². The van der Waals surface area contributed by atoms with Crippen LogP contribution in [-0.2, 0) is 23.8 Å². The van der Waals surface area contributed by atoms with Gasteiger partial charge in [-0.1, -0.05) is 38.5 Å². The minimum atomic E-state index is -3.78. The zero-order chi connectivity index (χ0) is 28.2. The van der Waals surface area contributed by atoms with E-state index >= 15 is 0 Å². The Balaban J connectivity index is 1.28. The maximum absolute atomic E-state index is 13.0. The molecule has 1 aromatic rings. The van der Waals surface area contributed by atoms with Crippen LogP contribution in [0.5, 0.6) is 0 Å². The number of ether oxygens (including phenoxy) is 1. The monoisotopic (exact) mass is 560 g/mol. The quantitative estimate of drug-likeness (QED) is 0.311. The van der Waals surface area contributed by atoms with Crippen LogP contribution in [0.3, 0.4) is 0 Å². The third-order valence-electron chi connectivity index (χ3n) is 12.1. The van der Waals surface area contributed by atoms with Crippen molar-refractivity contribution < 1.29 is 27.2 Å². The van der Waals surface area contributed by atoms with Crippen molar-refractivity contribution in [1.29, 1.82) is 0 Å². The summed E-state index contributed by atoms with van der Waals surface area (Å²) < 4.78 is 36.7. The number of aliphatic hydroxyl groups is 1. The van der Waals surface area contributed by atoms with Crippen LogP contribution >= 0.6 is 0 Å². The number of aryl methyl sites for hydroxylation is 1. The highest BCUT2D eigenvalue weighted by molar-refractivity contribution is 7.86. The van der Waals surface area contributed by atoms with Crippen LogP contribution in [0.15, 0.2) is 29.2 Å². The predicted octanol–water partition coefficient (Wildman–Crippen LogP) is 6.29. The molecule has 7 heteroatoms. The molecule has 10 atom stereocenters. The number of rotatable bonds is 7. The molecule has 0 heterocycles. The van der Waals surface area contributed by atoms with Crippen molar-refractivity contribution in [1.82, 2.24) is 0 Å². The SMILES string of the molecule is COC(=O)CCC(C)C1CCC2C3CCC4CC(OS(=O)(=O)c5ccc(C)cc5)CCC4(C)C3CC(O)C12C. The minimum absolute atomic E-state index is 0.104. The average Bonchev–Trinajstić information content (AvgIpc) is 3.26. The molecule has 0 saturated heterocycles. The van der Waals surface area contributed by atoms with Crippen LogP contribution in [0, 0.1) is 53.3 Å². The topological polar surface area (TPSA) is 89.9 Å². The van der Waals surface area contributed by atoms with Crippen molar-refractivity contribution in [3.8, 4) is 0 Å². The Morgan fingerprint density at radius 1 is 1.05 bits per heavy atom. The second-order valence-corrected chi connectivity index (χ2v) is 15.4. The molecule has 5 rings (SSSR count). The first-order valence-electron chi connectivity index (χ1n) is 15.1. The number of carbonyl (C=O) groups excluding carboxylic acids is 1. The molecule has 0 amide bonds. The molecule has 0 aliphatic heterocycles. The molecule has 0 radical (unpaired) electrons. The van der Waals surface area contributed by atoms with Crippen LogP contribution < -0.4 is 0 Å². The van der Waals surface area contributed by atoms with E-state index in [9.17, 15) is 18.3 Å². The van der Waals surface area contributed by atoms with E-state index in [4.69, 9.17) is 8.92 Å². The first kappa shape index (κ1) is 29.1. The van der Waals surface area contributed by atoms with Gasteiger partial charge in [0.25, 0.3) is 10.1 Å². The lowest BCUT2D eigenvalue weighted by Gasteiger charge is -2.62. The highest BCUT2D eigenvalue weighted by Crippen LogP contribution is 2.68. The van der Waals surface area contributed by atoms with Gasteiger partial charge in [0.15, 0.2) is 0 Å². The average molecular weight is 561 g/mol. The summed E-state index contributed by atoms with van der Waals surface area (Å²) in [6.07, 6.45) is 8.46. The third kappa shape index (κ3) is 5.10. The number of hydrogen-bond acceptors (Lipinski definition) is 6. The van der Waals surface area contributed by atoms with Crippen LogP contribution in [0.2, 0.25) is 0 Å². The van der Waals surface area contributed by atoms with Crippen molar-refractivity contribution in [2.24, 2.45) is 46.3 Å². The number of fused-ring (bicyclic) bond motifs is 5. The van der Waals surface area contributed by atoms with Gasteiger partial charge < -0.3 is 9.84 Å². The molecule has 4 fully saturated rings. The summed E-state index contributed by atoms with van der Waals surface area (Å²) in [4.78, 5) is 12.0. The first-order valence-corrected chi connectivity index (χ1v) is 16.6. The zero-order valence-electron chi connectivity index (χ0n) is 24.4. The fourth-order valence-corrected chi connectivity index (χ4v) is 10.9. The highest BCUT2D eigenvalue weighted by Gasteiger charge is 2.63. The minimum Gasteiger partial charge on any atom is -0.469 e. The Bertz CT molecular complexity index is 1150. The van der Waals surface area contributed by atoms with E-state index < -0.39 is 10.1 Å². The van der Waals surface area contributed by atoms with Gasteiger partial charge in [-0.15, -0.1) is 0 Å². The molecule has 1 N–H and O–H groups in total. The number of methoxy groups -OCH3 is 1. The molecule has 1 aromatic carbocycles. The molecule has 4 aliphatic carbocycles. The molecule has 39 heavy (non-hydrogen) atoms. The predicted molar refractivity (Wildman–Crippen MR) is 150 cm³/mol. The lowest BCUT2D eigenvalue weighted by molar-refractivity contribution is -0.173. The van der Waals surface area contributed by atoms with Crippen molar-refractivity contribution in [2.75, 3.05) is 7.11 Å². The van der Waals surface area contributed by atoms with Crippen molar-refractivity contribution in [3.05, 3.63) is 29.8 Å². The van der Waals surface area contributed by atoms with Gasteiger partial charge >= 0.3 is 5.97 Å². The van der Waals surface area contributed by atoms with Gasteiger partial charge in [-0.2, -0.15) is 8.42 Å². The lowest BCUT2D eigenvalue weighted by Crippen LogP contribution is -2.59. The summed E-state index contributed by atoms with van der Waals surface area (Å²) in [6.45, 7) is 8.95. The summed E-state index contributed by atoms with van der Waals surface area (Å²) in [6, 6.07) is 6.89. The van der Waals surface area contributed by atoms with Crippen LogP contribution in [0.25, 0.3) is 0 Å². The first-order chi connectivity index (χ1) is 18.4. The number of esters is 1. The van der Waals surface area contributed by atoms with Gasteiger partial charge in [0, 0.05) is 6.42 Å². The van der Waals surface area contributed by atoms with Crippen molar-refractivity contribution in [3.63, 3.8) is 0 Å². The summed E-state index contributed by atoms with van der Waals surface area (Å²) in [5.74, 6) is 2.63. The Morgan fingerprint density at radius 2 is 1.77 bits per heavy atom. The fourth-order valence-electron chi connectivity index (χ4n) is 9.82. The van der Waals surface area contributed by atoms with E-state index in [-0.39, 0.29) is 33.9 Å². The molecule has 10 unspecified atom stereocenters. The second-order valence-electron chi connectivity index (χ2n) is 13.8. The summed E-state index contributed by atoms with van der Waals surface area (Å²) >= 11 is 0. The number of benzene rings is 1. The van der Waals surface area contributed by atoms with E-state index in [2.05, 4.69) is 20.8 Å². The normalized spacial score (nSPS) is 40.7. The Labute approximate surface area is 235 Å². The Hall–Kier alpha value is -1.44. The Morgan fingerprint density at radius 3 is 2.46 bits per heavy atom. The van der Waals surface area contributed by atoms with Gasteiger partial charge in [0.1, 0.15) is 0 Å². The third-order valence-corrected chi connectivity index (χ3v) is 13.5. The Kier molecular flexibility index (Phi) is 8.02. The summed E-state index contributed by atoms with van der Waals surface area (Å²) in [7, 11) is -2.33. The smallest absolute Gasteiger partial charge is 0.305 e. The fraction of sp³-hybridized carbons (Fsp3) is 0.781. The summed E-state index contributed by atoms with van der Waals surface area (Å²) in [5, 5.41) is 11.8. The molecular formula is C32H48O6S. The number of hydrogen-bond donors (Lipinski definition) is 1. The molecular weight excluding hydrogens is 512 g/mol. The highest BCUT2D eigenvalue weighted by atomic mass is 32.2. The van der Waals surface area contributed by atoms with E-state index in [0.717, 1.165) is 63.4 Å². The van der Waals surface area contributed by atoms with Crippen molar-refractivity contribution in [2.45, 2.75) is 109 Å². The van der Waals surface area contributed by atoms with Crippen LogP contribution in [0.1, 0.15) is 90.5 Å². The molecule has 218 valence electrons. The molecule has 0 aromatic heterocycles. The number of aliphatic hydroxyl groups excluding tert-OH is 1. The molecule has 0 bridgehead atoms. The summed E-state index contributed by atoms with van der Waals surface area (Å²) in [5.41, 5.74) is 1.02. The zero-order valence-corrected chi connectivity index (χ0v) is 25.2. The molecule has 0 spiro atoms. The maximum Gasteiger partial charge on any atom is 0.305 e. The van der Waals surface area contributed by atoms with E-state index in [1.165, 1.54) is 7.11 Å². The van der Waals surface area contributed by atoms with Crippen LogP contribution in [0.4, 0.5) is 0 Å². The van der Waals surface area contributed by atoms with E-state index in [1.54, 1.807) is 12.1 Å². The van der Waals surface area contributed by atoms with Gasteiger partial charge in [0.05, 0.1) is 24.2 Å². The van der Waals surface area contributed by atoms with Gasteiger partial charge in [0.2, 0.25) is 0 Å².